The van der Waals surface area contributed by atoms with Crippen molar-refractivity contribution in [3.63, 3.8) is 0 Å². The number of halogens is 6. The summed E-state index contributed by atoms with van der Waals surface area (Å²) in [5, 5.41) is 92.7. The van der Waals surface area contributed by atoms with E-state index in [1.807, 2.05) is 0 Å². The predicted octanol–water partition coefficient (Wildman–Crippen LogP) is 17.1. The molecule has 0 unspecified atom stereocenters. The standard InChI is InChI=1S/C71H29F6N11/c72-70(73,74)56-5-6-57(62(29-56)71(75,76)77)69-67(87-63-7-1-48(52-15-39(30-78)11-40(16-52)31-79)25-58(63)59-26-49(2-8-64(59)87)53-17-41(32-80)12-42(18-53)33-81)23-47(38-86)24-68(69)88-65-9-3-50(54-19-43(34-82)13-44(20-54)35-83)27-60(65)61-28-51(4-10-66(61)88)55-21-45(36-84)14-46(22-55)37-85/h1-29H. The number of fused-ring (bicyclic) bond motifs is 6. The maximum atomic E-state index is 16.1. The van der Waals surface area contributed by atoms with E-state index in [1.165, 1.54) is 36.4 Å². The molecule has 0 aliphatic carbocycles. The highest BCUT2D eigenvalue weighted by molar-refractivity contribution is 6.14. The monoisotopic (exact) mass is 1150 g/mol. The van der Waals surface area contributed by atoms with Crippen LogP contribution < -0.4 is 0 Å². The Morgan fingerprint density at radius 3 is 0.761 bits per heavy atom. The smallest absolute Gasteiger partial charge is 0.308 e. The van der Waals surface area contributed by atoms with Gasteiger partial charge in [0.05, 0.1) is 149 Å². The molecule has 88 heavy (non-hydrogen) atoms. The van der Waals surface area contributed by atoms with E-state index in [2.05, 4.69) is 54.6 Å². The molecule has 17 heteroatoms. The van der Waals surface area contributed by atoms with Crippen LogP contribution in [0.3, 0.4) is 0 Å². The van der Waals surface area contributed by atoms with Crippen molar-refractivity contribution in [1.29, 1.82) is 47.4 Å². The molecule has 10 aromatic carbocycles. The van der Waals surface area contributed by atoms with Crippen LogP contribution in [-0.4, -0.2) is 9.13 Å². The van der Waals surface area contributed by atoms with Crippen LogP contribution in [0.2, 0.25) is 0 Å². The van der Waals surface area contributed by atoms with Crippen LogP contribution >= 0.6 is 0 Å². The number of hydrogen-bond donors (Lipinski definition) is 0. The third-order valence-corrected chi connectivity index (χ3v) is 15.3. The molecule has 12 aromatic rings. The van der Waals surface area contributed by atoms with Crippen molar-refractivity contribution in [3.05, 3.63) is 237 Å². The molecular formula is C71H29F6N11. The Kier molecular flexibility index (Phi) is 13.3. The molecule has 0 fully saturated rings. The Hall–Kier alpha value is -13.2. The number of nitriles is 9. The summed E-state index contributed by atoms with van der Waals surface area (Å²) in [6, 6.07) is 61.3. The molecule has 11 nitrogen and oxygen atoms in total. The lowest BCUT2D eigenvalue weighted by molar-refractivity contribution is -0.142. The highest BCUT2D eigenvalue weighted by atomic mass is 19.4. The number of hydrogen-bond acceptors (Lipinski definition) is 9. The summed E-state index contributed by atoms with van der Waals surface area (Å²) < 4.78 is 95.5. The lowest BCUT2D eigenvalue weighted by Crippen LogP contribution is -2.14. The van der Waals surface area contributed by atoms with Crippen LogP contribution in [0.4, 0.5) is 26.3 Å². The molecule has 0 bridgehead atoms. The number of rotatable bonds is 7. The Labute approximate surface area is 495 Å². The van der Waals surface area contributed by atoms with Gasteiger partial charge in [-0.05, 0) is 196 Å². The maximum Gasteiger partial charge on any atom is 0.417 e. The van der Waals surface area contributed by atoms with E-state index < -0.39 is 29.0 Å². The Morgan fingerprint density at radius 1 is 0.261 bits per heavy atom. The molecule has 12 rings (SSSR count). The summed E-state index contributed by atoms with van der Waals surface area (Å²) >= 11 is 0. The average Bonchev–Trinajstić information content (AvgIpc) is 1.53. The van der Waals surface area contributed by atoms with Gasteiger partial charge in [0.1, 0.15) is 0 Å². The number of alkyl halides is 6. The van der Waals surface area contributed by atoms with Gasteiger partial charge in [-0.1, -0.05) is 30.3 Å². The summed E-state index contributed by atoms with van der Waals surface area (Å²) in [6.07, 6.45) is -10.7. The third-order valence-electron chi connectivity index (χ3n) is 15.3. The van der Waals surface area contributed by atoms with Crippen LogP contribution in [0.5, 0.6) is 0 Å². The molecule has 0 radical (unpaired) electrons. The van der Waals surface area contributed by atoms with Crippen molar-refractivity contribution in [1.82, 2.24) is 9.13 Å². The zero-order valence-corrected chi connectivity index (χ0v) is 44.9. The molecular weight excluding hydrogens is 1120 g/mol. The van der Waals surface area contributed by atoms with Gasteiger partial charge in [0.25, 0.3) is 0 Å². The first-order chi connectivity index (χ1) is 42.4. The highest BCUT2D eigenvalue weighted by Crippen LogP contribution is 2.49. The summed E-state index contributed by atoms with van der Waals surface area (Å²) in [7, 11) is 0. The minimum Gasteiger partial charge on any atom is -0.308 e. The minimum absolute atomic E-state index is 0.0430. The Morgan fingerprint density at radius 2 is 0.523 bits per heavy atom. The normalized spacial score (nSPS) is 11.2. The molecule has 0 N–H and O–H groups in total. The second-order valence-electron chi connectivity index (χ2n) is 20.4. The van der Waals surface area contributed by atoms with Gasteiger partial charge in [-0.15, -0.1) is 0 Å². The van der Waals surface area contributed by atoms with Crippen LogP contribution in [0.1, 0.15) is 61.2 Å². The molecule has 0 spiro atoms. The van der Waals surface area contributed by atoms with Crippen molar-refractivity contribution < 1.29 is 26.3 Å². The first-order valence-corrected chi connectivity index (χ1v) is 26.3. The second kappa shape index (κ2) is 21.2. The van der Waals surface area contributed by atoms with Crippen molar-refractivity contribution in [3.8, 4) is 122 Å². The first kappa shape index (κ1) is 55.3. The van der Waals surface area contributed by atoms with Gasteiger partial charge >= 0.3 is 12.4 Å². The summed E-state index contributed by atoms with van der Waals surface area (Å²) in [4.78, 5) is 0. The molecule has 0 saturated heterocycles. The van der Waals surface area contributed by atoms with Gasteiger partial charge in [-0.2, -0.15) is 73.7 Å². The van der Waals surface area contributed by atoms with Gasteiger partial charge in [0.15, 0.2) is 0 Å². The average molecular weight is 1150 g/mol. The second-order valence-corrected chi connectivity index (χ2v) is 20.4. The van der Waals surface area contributed by atoms with Crippen LogP contribution in [-0.2, 0) is 12.4 Å². The zero-order valence-electron chi connectivity index (χ0n) is 44.9. The fraction of sp³-hybridized carbons (Fsp3) is 0.0282. The van der Waals surface area contributed by atoms with E-state index in [9.17, 15) is 60.5 Å². The largest absolute Gasteiger partial charge is 0.417 e. The quantitative estimate of drug-likeness (QED) is 0.138. The fourth-order valence-electron chi connectivity index (χ4n) is 11.5. The van der Waals surface area contributed by atoms with Crippen molar-refractivity contribution in [2.24, 2.45) is 0 Å². The van der Waals surface area contributed by atoms with E-state index in [-0.39, 0.29) is 73.1 Å². The van der Waals surface area contributed by atoms with Gasteiger partial charge in [0.2, 0.25) is 0 Å². The summed E-state index contributed by atoms with van der Waals surface area (Å²) in [6.45, 7) is 0. The van der Waals surface area contributed by atoms with E-state index >= 15 is 13.2 Å². The lowest BCUT2D eigenvalue weighted by atomic mass is 9.92. The van der Waals surface area contributed by atoms with E-state index in [4.69, 9.17) is 0 Å². The third kappa shape index (κ3) is 9.59. The Balaban J connectivity index is 1.25. The Bertz CT molecular complexity index is 4810. The van der Waals surface area contributed by atoms with Crippen molar-refractivity contribution in [2.45, 2.75) is 12.4 Å². The van der Waals surface area contributed by atoms with E-state index in [0.29, 0.717) is 94.2 Å². The molecule has 2 aromatic heterocycles. The highest BCUT2D eigenvalue weighted by Gasteiger charge is 2.40. The van der Waals surface area contributed by atoms with Crippen LogP contribution in [0.15, 0.2) is 176 Å². The molecule has 0 aliphatic rings. The summed E-state index contributed by atoms with van der Waals surface area (Å²) in [5.74, 6) is 0. The predicted molar refractivity (Wildman–Crippen MR) is 315 cm³/mol. The first-order valence-electron chi connectivity index (χ1n) is 26.3. The van der Waals surface area contributed by atoms with E-state index in [0.717, 1.165) is 6.07 Å². The van der Waals surface area contributed by atoms with Gasteiger partial charge < -0.3 is 9.13 Å². The fourth-order valence-corrected chi connectivity index (χ4v) is 11.5. The van der Waals surface area contributed by atoms with Crippen molar-refractivity contribution >= 4 is 43.6 Å². The number of benzene rings is 10. The van der Waals surface area contributed by atoms with Gasteiger partial charge in [-0.25, -0.2) is 0 Å². The summed E-state index contributed by atoms with van der Waals surface area (Å²) in [5.41, 5.74) is 1.83. The van der Waals surface area contributed by atoms with Crippen LogP contribution in [0, 0.1) is 102 Å². The molecule has 410 valence electrons. The SMILES string of the molecule is N#Cc1cc(C#N)cc(-c2ccc3c(c2)c2cc(-c4cc(C#N)cc(C#N)c4)ccc2n3-c2cc(C#N)cc(-n3c4ccc(-c5cc(C#N)cc(C#N)c5)cc4c4cc(-c5cc(C#N)cc(C#N)c5)ccc43)c2-c2ccc(C(F)(F)F)cc2C(F)(F)F)c1. The number of aromatic nitrogens is 2. The van der Waals surface area contributed by atoms with E-state index in [1.54, 1.807) is 130 Å². The molecule has 0 amide bonds. The zero-order chi connectivity index (χ0) is 61.9. The van der Waals surface area contributed by atoms with Crippen LogP contribution in [0.25, 0.3) is 111 Å². The van der Waals surface area contributed by atoms with Gasteiger partial charge in [-0.3, -0.25) is 0 Å². The lowest BCUT2D eigenvalue weighted by Gasteiger charge is -2.24. The number of nitrogens with zero attached hydrogens (tertiary/aromatic N) is 11. The molecule has 0 atom stereocenters. The minimum atomic E-state index is -5.45. The van der Waals surface area contributed by atoms with Crippen molar-refractivity contribution in [2.75, 3.05) is 0 Å². The molecule has 0 aliphatic heterocycles. The van der Waals surface area contributed by atoms with Gasteiger partial charge in [0, 0.05) is 27.1 Å². The topological polar surface area (TPSA) is 224 Å². The molecule has 2 heterocycles. The molecule has 0 saturated carbocycles. The maximum absolute atomic E-state index is 16.1.